The summed E-state index contributed by atoms with van der Waals surface area (Å²) in [5.74, 6) is -1.72. The van der Waals surface area contributed by atoms with Gasteiger partial charge >= 0.3 is 0 Å². The minimum atomic E-state index is -0.680. The molecule has 0 aliphatic rings. The van der Waals surface area contributed by atoms with Crippen LogP contribution in [0.2, 0.25) is 0 Å². The highest BCUT2D eigenvalue weighted by Gasteiger charge is 2.16. The molecule has 8 heteroatoms. The Kier molecular flexibility index (Phi) is 5.73. The maximum Gasteiger partial charge on any atom is 0.269 e. The average molecular weight is 340 g/mol. The zero-order valence-corrected chi connectivity index (χ0v) is 13.5. The molecule has 0 aliphatic heterocycles. The molecule has 0 radical (unpaired) electrons. The second-order valence-electron chi connectivity index (χ2n) is 5.19. The Balaban J connectivity index is 2.19. The third kappa shape index (κ3) is 4.52. The number of carbonyl (C=O) groups excluding carboxylic acids is 1. The molecule has 3 N–H and O–H groups in total. The van der Waals surface area contributed by atoms with E-state index < -0.39 is 11.6 Å². The van der Waals surface area contributed by atoms with Crippen LogP contribution in [0.3, 0.4) is 0 Å². The van der Waals surface area contributed by atoms with E-state index in [4.69, 9.17) is 5.73 Å². The number of thiol groups is 1. The van der Waals surface area contributed by atoms with Crippen LogP contribution < -0.4 is 11.1 Å². The maximum atomic E-state index is 13.3. The van der Waals surface area contributed by atoms with Gasteiger partial charge in [-0.3, -0.25) is 4.79 Å². The quantitative estimate of drug-likeness (QED) is 0.704. The number of nitrogens with two attached hydrogens (primary N) is 1. The van der Waals surface area contributed by atoms with E-state index in [1.54, 1.807) is 0 Å². The van der Waals surface area contributed by atoms with Crippen molar-refractivity contribution >= 4 is 18.5 Å². The third-order valence-electron chi connectivity index (χ3n) is 3.38. The number of halogens is 2. The van der Waals surface area contributed by atoms with E-state index >= 15 is 0 Å². The van der Waals surface area contributed by atoms with E-state index in [-0.39, 0.29) is 29.3 Å². The number of nitrogens with one attached hydrogen (secondary N) is 1. The highest BCUT2D eigenvalue weighted by Crippen LogP contribution is 2.15. The monoisotopic (exact) mass is 340 g/mol. The van der Waals surface area contributed by atoms with Crippen LogP contribution in [0.4, 0.5) is 8.78 Å². The molecule has 2 aromatic rings. The molecule has 0 fully saturated rings. The Labute approximate surface area is 138 Å². The van der Waals surface area contributed by atoms with Crippen LogP contribution in [-0.2, 0) is 6.54 Å². The van der Waals surface area contributed by atoms with Crippen LogP contribution in [0.25, 0.3) is 0 Å². The van der Waals surface area contributed by atoms with Crippen molar-refractivity contribution in [2.75, 3.05) is 6.54 Å². The van der Waals surface area contributed by atoms with Gasteiger partial charge in [0, 0.05) is 18.7 Å². The number of carbonyl (C=O) groups is 1. The minimum absolute atomic E-state index is 0.0795. The van der Waals surface area contributed by atoms with Gasteiger partial charge in [-0.2, -0.15) is 0 Å². The van der Waals surface area contributed by atoms with Gasteiger partial charge in [0.1, 0.15) is 17.3 Å². The maximum absolute atomic E-state index is 13.3. The molecule has 0 aliphatic carbocycles. The first kappa shape index (κ1) is 17.4. The molecule has 5 nitrogen and oxygen atoms in total. The van der Waals surface area contributed by atoms with Gasteiger partial charge in [-0.05, 0) is 24.1 Å². The average Bonchev–Trinajstić information content (AvgIpc) is 2.84. The van der Waals surface area contributed by atoms with Crippen molar-refractivity contribution in [2.24, 2.45) is 5.73 Å². The lowest BCUT2D eigenvalue weighted by Gasteiger charge is -2.13. The SMILES string of the molecule is CCC(N)CNC(=O)c1cnc(S)n1Cc1cc(F)cc(F)c1. The lowest BCUT2D eigenvalue weighted by atomic mass is 10.2. The summed E-state index contributed by atoms with van der Waals surface area (Å²) in [4.78, 5) is 16.2. The van der Waals surface area contributed by atoms with Crippen molar-refractivity contribution in [1.82, 2.24) is 14.9 Å². The van der Waals surface area contributed by atoms with Crippen molar-refractivity contribution in [3.8, 4) is 0 Å². The number of benzene rings is 1. The predicted molar refractivity (Wildman–Crippen MR) is 85.5 cm³/mol. The van der Waals surface area contributed by atoms with Crippen molar-refractivity contribution in [3.63, 3.8) is 0 Å². The Bertz CT molecular complexity index is 685. The largest absolute Gasteiger partial charge is 0.349 e. The Morgan fingerprint density at radius 1 is 1.39 bits per heavy atom. The molecule has 1 heterocycles. The predicted octanol–water partition coefficient (Wildman–Crippen LogP) is 1.97. The fourth-order valence-corrected chi connectivity index (χ4v) is 2.28. The van der Waals surface area contributed by atoms with Crippen LogP contribution >= 0.6 is 12.6 Å². The number of rotatable bonds is 6. The van der Waals surface area contributed by atoms with Crippen LogP contribution in [0.1, 0.15) is 29.4 Å². The van der Waals surface area contributed by atoms with Gasteiger partial charge in [0.15, 0.2) is 5.16 Å². The van der Waals surface area contributed by atoms with E-state index in [1.165, 1.54) is 22.9 Å². The highest BCUT2D eigenvalue weighted by molar-refractivity contribution is 7.80. The van der Waals surface area contributed by atoms with Crippen molar-refractivity contribution in [3.05, 3.63) is 47.3 Å². The topological polar surface area (TPSA) is 72.9 Å². The van der Waals surface area contributed by atoms with Gasteiger partial charge in [-0.15, -0.1) is 12.6 Å². The van der Waals surface area contributed by atoms with Crippen LogP contribution in [0.5, 0.6) is 0 Å². The molecule has 1 atom stereocenters. The minimum Gasteiger partial charge on any atom is -0.349 e. The molecule has 2 rings (SSSR count). The zero-order valence-electron chi connectivity index (χ0n) is 12.6. The fraction of sp³-hybridized carbons (Fsp3) is 0.333. The number of hydrogen-bond acceptors (Lipinski definition) is 4. The second-order valence-corrected chi connectivity index (χ2v) is 5.59. The summed E-state index contributed by atoms with van der Waals surface area (Å²) in [6, 6.07) is 3.05. The fourth-order valence-electron chi connectivity index (χ4n) is 2.05. The molecule has 1 amide bonds. The number of imidazole rings is 1. The number of aromatic nitrogens is 2. The molecule has 23 heavy (non-hydrogen) atoms. The van der Waals surface area contributed by atoms with Crippen LogP contribution in [-0.4, -0.2) is 28.0 Å². The lowest BCUT2D eigenvalue weighted by molar-refractivity contribution is 0.0941. The number of nitrogens with zero attached hydrogens (tertiary/aromatic N) is 2. The van der Waals surface area contributed by atoms with Gasteiger partial charge in [0.05, 0.1) is 12.7 Å². The first-order valence-electron chi connectivity index (χ1n) is 7.14. The van der Waals surface area contributed by atoms with Gasteiger partial charge < -0.3 is 15.6 Å². The molecule has 0 spiro atoms. The van der Waals surface area contributed by atoms with Crippen molar-refractivity contribution in [2.45, 2.75) is 31.1 Å². The molecule has 124 valence electrons. The van der Waals surface area contributed by atoms with E-state index in [9.17, 15) is 13.6 Å². The Morgan fingerprint density at radius 3 is 2.65 bits per heavy atom. The first-order chi connectivity index (χ1) is 10.9. The Morgan fingerprint density at radius 2 is 2.04 bits per heavy atom. The summed E-state index contributed by atoms with van der Waals surface area (Å²) in [7, 11) is 0. The summed E-state index contributed by atoms with van der Waals surface area (Å²) in [6.45, 7) is 2.33. The van der Waals surface area contributed by atoms with E-state index in [0.717, 1.165) is 12.5 Å². The van der Waals surface area contributed by atoms with Crippen molar-refractivity contribution < 1.29 is 13.6 Å². The molecule has 0 saturated carbocycles. The third-order valence-corrected chi connectivity index (χ3v) is 3.74. The van der Waals surface area contributed by atoms with E-state index in [2.05, 4.69) is 22.9 Å². The van der Waals surface area contributed by atoms with Crippen molar-refractivity contribution in [1.29, 1.82) is 0 Å². The van der Waals surface area contributed by atoms with Gasteiger partial charge in [-0.25, -0.2) is 13.8 Å². The van der Waals surface area contributed by atoms with E-state index in [1.807, 2.05) is 6.92 Å². The summed E-state index contributed by atoms with van der Waals surface area (Å²) < 4.78 is 28.1. The Hall–Kier alpha value is -1.93. The number of amides is 1. The standard InChI is InChI=1S/C15H18F2N4OS/c1-2-12(18)6-19-14(22)13-7-20-15(23)21(13)8-9-3-10(16)5-11(17)4-9/h3-5,7,12H,2,6,8,18H2,1H3,(H,19,22)(H,20,23). The van der Waals surface area contributed by atoms with Gasteiger partial charge in [-0.1, -0.05) is 6.92 Å². The smallest absolute Gasteiger partial charge is 0.269 e. The summed E-state index contributed by atoms with van der Waals surface area (Å²) in [5, 5.41) is 2.98. The molecular weight excluding hydrogens is 322 g/mol. The first-order valence-corrected chi connectivity index (χ1v) is 7.58. The summed E-state index contributed by atoms with van der Waals surface area (Å²) in [5.41, 5.74) is 6.39. The normalized spacial score (nSPS) is 12.2. The lowest BCUT2D eigenvalue weighted by Crippen LogP contribution is -2.37. The molecule has 0 saturated heterocycles. The molecule has 1 aromatic heterocycles. The van der Waals surface area contributed by atoms with Gasteiger partial charge in [0.25, 0.3) is 5.91 Å². The summed E-state index contributed by atoms with van der Waals surface area (Å²) >= 11 is 4.18. The van der Waals surface area contributed by atoms with Crippen LogP contribution in [0, 0.1) is 11.6 Å². The van der Waals surface area contributed by atoms with E-state index in [0.29, 0.717) is 12.1 Å². The summed E-state index contributed by atoms with van der Waals surface area (Å²) in [6.07, 6.45) is 2.10. The molecular formula is C15H18F2N4OS. The zero-order chi connectivity index (χ0) is 17.0. The molecule has 1 unspecified atom stereocenters. The van der Waals surface area contributed by atoms with Crippen LogP contribution in [0.15, 0.2) is 29.6 Å². The number of hydrogen-bond donors (Lipinski definition) is 3. The van der Waals surface area contributed by atoms with Gasteiger partial charge in [0.2, 0.25) is 0 Å². The highest BCUT2D eigenvalue weighted by atomic mass is 32.1. The molecule has 1 aromatic carbocycles. The second kappa shape index (κ2) is 7.56. The molecule has 0 bridgehead atoms.